The molecule has 0 aliphatic carbocycles. The molecule has 0 heterocycles. The zero-order valence-electron chi connectivity index (χ0n) is 12.3. The molecular formula is C16H15Cl2N3O2. The highest BCUT2D eigenvalue weighted by Gasteiger charge is 2.15. The number of benzene rings is 2. The first-order valence-electron chi connectivity index (χ1n) is 6.79. The van der Waals surface area contributed by atoms with E-state index in [9.17, 15) is 9.59 Å². The number of hydrogen-bond donors (Lipinski definition) is 3. The highest BCUT2D eigenvalue weighted by molar-refractivity contribution is 6.43. The number of carbonyl (C=O) groups is 2. The van der Waals surface area contributed by atoms with Gasteiger partial charge in [-0.05, 0) is 36.8 Å². The van der Waals surface area contributed by atoms with Crippen LogP contribution < -0.4 is 16.4 Å². The maximum Gasteiger partial charge on any atom is 0.316 e. The van der Waals surface area contributed by atoms with Crippen molar-refractivity contribution in [3.63, 3.8) is 0 Å². The number of carbonyl (C=O) groups excluding carboxylic acids is 2. The fourth-order valence-corrected chi connectivity index (χ4v) is 2.42. The lowest BCUT2D eigenvalue weighted by Crippen LogP contribution is -2.27. The SMILES string of the molecule is C[C@@H](NC(=O)c1cccc(Cl)c1Cl)c1ccc(NC(N)=O)cc1. The lowest BCUT2D eigenvalue weighted by atomic mass is 10.1. The average Bonchev–Trinajstić information content (AvgIpc) is 2.50. The number of rotatable bonds is 4. The molecule has 0 unspecified atom stereocenters. The molecule has 3 amide bonds. The first kappa shape index (κ1) is 17.1. The van der Waals surface area contributed by atoms with Crippen LogP contribution in [0.2, 0.25) is 10.0 Å². The third-order valence-electron chi connectivity index (χ3n) is 3.22. The molecule has 0 aromatic heterocycles. The van der Waals surface area contributed by atoms with Crippen LogP contribution in [0.3, 0.4) is 0 Å². The number of halogens is 2. The first-order chi connectivity index (χ1) is 10.9. The Morgan fingerprint density at radius 1 is 1.09 bits per heavy atom. The molecule has 7 heteroatoms. The van der Waals surface area contributed by atoms with E-state index in [1.165, 1.54) is 0 Å². The molecule has 2 rings (SSSR count). The number of hydrogen-bond acceptors (Lipinski definition) is 2. The fourth-order valence-electron chi connectivity index (χ4n) is 2.03. The third kappa shape index (κ3) is 4.37. The van der Waals surface area contributed by atoms with E-state index in [1.807, 2.05) is 6.92 Å². The summed E-state index contributed by atoms with van der Waals surface area (Å²) in [5, 5.41) is 5.87. The normalized spacial score (nSPS) is 11.6. The van der Waals surface area contributed by atoms with Crippen LogP contribution in [0.5, 0.6) is 0 Å². The molecule has 0 saturated carbocycles. The van der Waals surface area contributed by atoms with E-state index in [-0.39, 0.29) is 17.0 Å². The summed E-state index contributed by atoms with van der Waals surface area (Å²) in [5.74, 6) is -0.315. The molecule has 0 aliphatic rings. The minimum atomic E-state index is -0.630. The van der Waals surface area contributed by atoms with Gasteiger partial charge in [-0.2, -0.15) is 0 Å². The fraction of sp³-hybridized carbons (Fsp3) is 0.125. The van der Waals surface area contributed by atoms with Crippen LogP contribution in [-0.2, 0) is 0 Å². The maximum atomic E-state index is 12.3. The number of urea groups is 1. The van der Waals surface area contributed by atoms with Crippen molar-refractivity contribution in [2.45, 2.75) is 13.0 Å². The quantitative estimate of drug-likeness (QED) is 0.778. The molecule has 0 bridgehead atoms. The molecule has 0 fully saturated rings. The van der Waals surface area contributed by atoms with Crippen LogP contribution in [0.1, 0.15) is 28.9 Å². The molecule has 4 N–H and O–H groups in total. The Labute approximate surface area is 143 Å². The van der Waals surface area contributed by atoms with Crippen molar-refractivity contribution in [2.24, 2.45) is 5.73 Å². The van der Waals surface area contributed by atoms with Gasteiger partial charge < -0.3 is 16.4 Å². The van der Waals surface area contributed by atoms with E-state index < -0.39 is 6.03 Å². The monoisotopic (exact) mass is 351 g/mol. The molecule has 2 aromatic carbocycles. The minimum Gasteiger partial charge on any atom is -0.351 e. The third-order valence-corrected chi connectivity index (χ3v) is 4.04. The molecule has 0 spiro atoms. The van der Waals surface area contributed by atoms with Gasteiger partial charge in [0.2, 0.25) is 0 Å². The number of nitrogens with two attached hydrogens (primary N) is 1. The maximum absolute atomic E-state index is 12.3. The Hall–Kier alpha value is -2.24. The minimum absolute atomic E-state index is 0.222. The Kier molecular flexibility index (Phi) is 5.47. The van der Waals surface area contributed by atoms with Crippen molar-refractivity contribution >= 4 is 40.8 Å². The van der Waals surface area contributed by atoms with Gasteiger partial charge in [-0.1, -0.05) is 41.4 Å². The zero-order valence-corrected chi connectivity index (χ0v) is 13.8. The predicted octanol–water partition coefficient (Wildman–Crippen LogP) is 3.98. The van der Waals surface area contributed by atoms with Crippen molar-refractivity contribution in [2.75, 3.05) is 5.32 Å². The zero-order chi connectivity index (χ0) is 17.0. The summed E-state index contributed by atoms with van der Waals surface area (Å²) in [4.78, 5) is 23.1. The van der Waals surface area contributed by atoms with Gasteiger partial charge in [0.25, 0.3) is 5.91 Å². The molecule has 5 nitrogen and oxygen atoms in total. The van der Waals surface area contributed by atoms with E-state index in [2.05, 4.69) is 10.6 Å². The lowest BCUT2D eigenvalue weighted by Gasteiger charge is -2.15. The number of primary amides is 1. The van der Waals surface area contributed by atoms with Crippen LogP contribution in [0, 0.1) is 0 Å². The van der Waals surface area contributed by atoms with Gasteiger partial charge >= 0.3 is 6.03 Å². The summed E-state index contributed by atoms with van der Waals surface area (Å²) in [6.07, 6.45) is 0. The summed E-state index contributed by atoms with van der Waals surface area (Å²) in [5.41, 5.74) is 6.81. The number of anilines is 1. The molecule has 1 atom stereocenters. The smallest absolute Gasteiger partial charge is 0.316 e. The van der Waals surface area contributed by atoms with E-state index in [0.29, 0.717) is 16.3 Å². The van der Waals surface area contributed by atoms with Crippen LogP contribution in [0.15, 0.2) is 42.5 Å². The van der Waals surface area contributed by atoms with Crippen molar-refractivity contribution in [1.29, 1.82) is 0 Å². The van der Waals surface area contributed by atoms with Crippen LogP contribution in [-0.4, -0.2) is 11.9 Å². The van der Waals surface area contributed by atoms with E-state index in [4.69, 9.17) is 28.9 Å². The summed E-state index contributed by atoms with van der Waals surface area (Å²) < 4.78 is 0. The van der Waals surface area contributed by atoms with Crippen molar-refractivity contribution in [3.05, 3.63) is 63.6 Å². The lowest BCUT2D eigenvalue weighted by molar-refractivity contribution is 0.0940. The standard InChI is InChI=1S/C16H15Cl2N3O2/c1-9(10-5-7-11(8-6-10)21-16(19)23)20-15(22)12-3-2-4-13(17)14(12)18/h2-9H,1H3,(H,20,22)(H3,19,21,23)/t9-/m1/s1. The first-order valence-corrected chi connectivity index (χ1v) is 7.55. The Bertz CT molecular complexity index is 733. The largest absolute Gasteiger partial charge is 0.351 e. The van der Waals surface area contributed by atoms with Gasteiger partial charge in [-0.25, -0.2) is 4.79 Å². The van der Waals surface area contributed by atoms with Crippen LogP contribution in [0.4, 0.5) is 10.5 Å². The summed E-state index contributed by atoms with van der Waals surface area (Å²) in [6, 6.07) is 11.0. The molecule has 0 aliphatic heterocycles. The molecule has 0 saturated heterocycles. The highest BCUT2D eigenvalue weighted by atomic mass is 35.5. The summed E-state index contributed by atoms with van der Waals surface area (Å²) >= 11 is 12.0. The van der Waals surface area contributed by atoms with Gasteiger partial charge in [-0.3, -0.25) is 4.79 Å². The molecule has 0 radical (unpaired) electrons. The van der Waals surface area contributed by atoms with Gasteiger partial charge in [0.1, 0.15) is 0 Å². The van der Waals surface area contributed by atoms with Crippen LogP contribution in [0.25, 0.3) is 0 Å². The van der Waals surface area contributed by atoms with E-state index in [0.717, 1.165) is 5.56 Å². The van der Waals surface area contributed by atoms with E-state index >= 15 is 0 Å². The van der Waals surface area contributed by atoms with Gasteiger partial charge in [0.15, 0.2) is 0 Å². The van der Waals surface area contributed by atoms with Crippen LogP contribution >= 0.6 is 23.2 Å². The van der Waals surface area contributed by atoms with Crippen molar-refractivity contribution < 1.29 is 9.59 Å². The molecule has 23 heavy (non-hydrogen) atoms. The second kappa shape index (κ2) is 7.35. The van der Waals surface area contributed by atoms with Gasteiger partial charge in [-0.15, -0.1) is 0 Å². The molecular weight excluding hydrogens is 337 g/mol. The molecule has 120 valence electrons. The summed E-state index contributed by atoms with van der Waals surface area (Å²) in [7, 11) is 0. The van der Waals surface area contributed by atoms with Gasteiger partial charge in [0, 0.05) is 5.69 Å². The van der Waals surface area contributed by atoms with Gasteiger partial charge in [0.05, 0.1) is 21.7 Å². The number of nitrogens with one attached hydrogen (secondary N) is 2. The predicted molar refractivity (Wildman–Crippen MR) is 92.0 cm³/mol. The topological polar surface area (TPSA) is 84.2 Å². The van der Waals surface area contributed by atoms with Crippen molar-refractivity contribution in [3.8, 4) is 0 Å². The van der Waals surface area contributed by atoms with E-state index in [1.54, 1.807) is 42.5 Å². The Morgan fingerprint density at radius 3 is 2.35 bits per heavy atom. The Morgan fingerprint density at radius 2 is 1.74 bits per heavy atom. The number of amides is 3. The second-order valence-electron chi connectivity index (χ2n) is 4.91. The second-order valence-corrected chi connectivity index (χ2v) is 5.69. The summed E-state index contributed by atoms with van der Waals surface area (Å²) in [6.45, 7) is 1.84. The van der Waals surface area contributed by atoms with Crippen molar-refractivity contribution in [1.82, 2.24) is 5.32 Å². The Balaban J connectivity index is 2.09. The average molecular weight is 352 g/mol. The molecule has 2 aromatic rings. The highest BCUT2D eigenvalue weighted by Crippen LogP contribution is 2.26.